The van der Waals surface area contributed by atoms with Crippen molar-refractivity contribution in [2.45, 2.75) is 32.2 Å². The van der Waals surface area contributed by atoms with E-state index in [0.29, 0.717) is 52.7 Å². The zero-order valence-corrected chi connectivity index (χ0v) is 22.7. The van der Waals surface area contributed by atoms with Crippen LogP contribution >= 0.6 is 23.2 Å². The highest BCUT2D eigenvalue weighted by Crippen LogP contribution is 2.32. The first-order valence-corrected chi connectivity index (χ1v) is 13.2. The molecular formula is C28H32Cl2N4O3. The van der Waals surface area contributed by atoms with E-state index < -0.39 is 0 Å². The van der Waals surface area contributed by atoms with Crippen molar-refractivity contribution in [2.75, 3.05) is 33.9 Å². The molecule has 3 aromatic rings. The van der Waals surface area contributed by atoms with Gasteiger partial charge < -0.3 is 14.8 Å². The summed E-state index contributed by atoms with van der Waals surface area (Å²) >= 11 is 12.2. The lowest BCUT2D eigenvalue weighted by molar-refractivity contribution is -0.121. The number of aryl methyl sites for hydroxylation is 1. The molecule has 2 aromatic carbocycles. The number of carbonyl (C=O) groups is 1. The fourth-order valence-corrected chi connectivity index (χ4v) is 4.90. The first-order valence-electron chi connectivity index (χ1n) is 12.4. The molecule has 1 atom stereocenters. The normalized spacial score (nSPS) is 15.8. The molecule has 0 aliphatic carbocycles. The van der Waals surface area contributed by atoms with Crippen LogP contribution in [-0.4, -0.2) is 54.6 Å². The summed E-state index contributed by atoms with van der Waals surface area (Å²) in [4.78, 5) is 23.8. The van der Waals surface area contributed by atoms with E-state index in [1.165, 1.54) is 0 Å². The number of nitrogens with one attached hydrogen (secondary N) is 1. The van der Waals surface area contributed by atoms with Crippen molar-refractivity contribution in [3.63, 3.8) is 0 Å². The fourth-order valence-electron chi connectivity index (χ4n) is 4.58. The zero-order valence-electron chi connectivity index (χ0n) is 21.2. The minimum Gasteiger partial charge on any atom is -0.493 e. The van der Waals surface area contributed by atoms with Crippen LogP contribution in [0, 0.1) is 5.92 Å². The third-order valence-corrected chi connectivity index (χ3v) is 7.32. The average Bonchev–Trinajstić information content (AvgIpc) is 2.93. The monoisotopic (exact) mass is 542 g/mol. The van der Waals surface area contributed by atoms with E-state index in [1.54, 1.807) is 26.6 Å². The highest BCUT2D eigenvalue weighted by atomic mass is 35.5. The number of carbonyl (C=O) groups excluding carboxylic acids is 1. The van der Waals surface area contributed by atoms with Gasteiger partial charge in [-0.05, 0) is 60.7 Å². The Kier molecular flexibility index (Phi) is 9.61. The number of rotatable bonds is 10. The largest absolute Gasteiger partial charge is 0.493 e. The molecule has 0 spiro atoms. The van der Waals surface area contributed by atoms with Gasteiger partial charge in [0.05, 0.1) is 24.3 Å². The van der Waals surface area contributed by atoms with Crippen molar-refractivity contribution >= 4 is 29.1 Å². The third kappa shape index (κ3) is 7.57. The van der Waals surface area contributed by atoms with Gasteiger partial charge in [-0.15, -0.1) is 0 Å². The Morgan fingerprint density at radius 3 is 2.54 bits per heavy atom. The van der Waals surface area contributed by atoms with E-state index in [1.807, 2.05) is 36.4 Å². The number of nitrogens with zero attached hydrogens (tertiary/aromatic N) is 3. The van der Waals surface area contributed by atoms with Crippen LogP contribution in [0.1, 0.15) is 30.7 Å². The Balaban J connectivity index is 1.22. The topological polar surface area (TPSA) is 76.6 Å². The van der Waals surface area contributed by atoms with Crippen molar-refractivity contribution < 1.29 is 14.3 Å². The summed E-state index contributed by atoms with van der Waals surface area (Å²) in [5.74, 6) is 2.41. The summed E-state index contributed by atoms with van der Waals surface area (Å²) in [6.07, 6.45) is 6.61. The lowest BCUT2D eigenvalue weighted by atomic mass is 9.97. The lowest BCUT2D eigenvalue weighted by Crippen LogP contribution is -2.40. The van der Waals surface area contributed by atoms with Crippen LogP contribution in [0.4, 0.5) is 0 Å². The number of methoxy groups -OCH3 is 2. The molecule has 0 saturated carbocycles. The third-order valence-electron chi connectivity index (χ3n) is 6.58. The maximum atomic E-state index is 12.5. The van der Waals surface area contributed by atoms with Gasteiger partial charge >= 0.3 is 0 Å². The van der Waals surface area contributed by atoms with E-state index in [2.05, 4.69) is 20.2 Å². The SMILES string of the molecule is COc1ccc(-c2cnc(CCC(=O)NCC3CCCN(Cc4ccc(Cl)c(Cl)c4)C3)nc2)cc1OC. The molecule has 1 aromatic heterocycles. The molecule has 0 radical (unpaired) electrons. The standard InChI is InChI=1S/C28H32Cl2N4O3/c1-36-25-8-6-21(13-26(25)37-2)22-15-31-27(32-16-22)9-10-28(35)33-14-20-4-3-11-34(18-20)17-19-5-7-23(29)24(30)12-19/h5-8,12-13,15-16,20H,3-4,9-11,14,17-18H2,1-2H3,(H,33,35). The molecule has 1 unspecified atom stereocenters. The Morgan fingerprint density at radius 2 is 1.81 bits per heavy atom. The van der Waals surface area contributed by atoms with Crippen molar-refractivity contribution in [3.05, 3.63) is 70.2 Å². The van der Waals surface area contributed by atoms with Gasteiger partial charge in [-0.2, -0.15) is 0 Å². The van der Waals surface area contributed by atoms with Gasteiger partial charge in [0.25, 0.3) is 0 Å². The maximum Gasteiger partial charge on any atom is 0.220 e. The number of amides is 1. The second-order valence-corrected chi connectivity index (χ2v) is 10.1. The maximum absolute atomic E-state index is 12.5. The molecule has 0 bridgehead atoms. The van der Waals surface area contributed by atoms with Gasteiger partial charge in [-0.1, -0.05) is 35.3 Å². The van der Waals surface area contributed by atoms with Gasteiger partial charge in [-0.25, -0.2) is 9.97 Å². The molecule has 7 nitrogen and oxygen atoms in total. The number of ether oxygens (including phenoxy) is 2. The molecule has 1 N–H and O–H groups in total. The smallest absolute Gasteiger partial charge is 0.220 e. The number of halogens is 2. The van der Waals surface area contributed by atoms with Crippen molar-refractivity contribution in [3.8, 4) is 22.6 Å². The van der Waals surface area contributed by atoms with Gasteiger partial charge in [0.15, 0.2) is 11.5 Å². The predicted molar refractivity (Wildman–Crippen MR) is 146 cm³/mol. The predicted octanol–water partition coefficient (Wildman–Crippen LogP) is 5.43. The zero-order chi connectivity index (χ0) is 26.2. The minimum atomic E-state index is 0.0224. The van der Waals surface area contributed by atoms with E-state index in [0.717, 1.165) is 49.2 Å². The van der Waals surface area contributed by atoms with Crippen molar-refractivity contribution in [1.82, 2.24) is 20.2 Å². The van der Waals surface area contributed by atoms with Crippen molar-refractivity contribution in [1.29, 1.82) is 0 Å². The van der Waals surface area contributed by atoms with Crippen LogP contribution in [0.3, 0.4) is 0 Å². The quantitative estimate of drug-likeness (QED) is 0.368. The lowest BCUT2D eigenvalue weighted by Gasteiger charge is -2.33. The molecule has 196 valence electrons. The van der Waals surface area contributed by atoms with Gasteiger partial charge in [0.2, 0.25) is 5.91 Å². The number of likely N-dealkylation sites (tertiary alicyclic amines) is 1. The second-order valence-electron chi connectivity index (χ2n) is 9.25. The Morgan fingerprint density at radius 1 is 1.03 bits per heavy atom. The fraction of sp³-hybridized carbons (Fsp3) is 0.393. The molecule has 1 saturated heterocycles. The summed E-state index contributed by atoms with van der Waals surface area (Å²) < 4.78 is 10.7. The molecular weight excluding hydrogens is 511 g/mol. The molecule has 2 heterocycles. The van der Waals surface area contributed by atoms with Gasteiger partial charge in [0.1, 0.15) is 5.82 Å². The van der Waals surface area contributed by atoms with Crippen LogP contribution in [-0.2, 0) is 17.8 Å². The first-order chi connectivity index (χ1) is 17.9. The number of hydrogen-bond donors (Lipinski definition) is 1. The molecule has 4 rings (SSSR count). The van der Waals surface area contributed by atoms with Crippen LogP contribution in [0.15, 0.2) is 48.8 Å². The van der Waals surface area contributed by atoms with E-state index in [4.69, 9.17) is 32.7 Å². The van der Waals surface area contributed by atoms with E-state index >= 15 is 0 Å². The number of hydrogen-bond acceptors (Lipinski definition) is 6. The number of aromatic nitrogens is 2. The molecule has 9 heteroatoms. The Bertz CT molecular complexity index is 1210. The van der Waals surface area contributed by atoms with E-state index in [9.17, 15) is 4.79 Å². The van der Waals surface area contributed by atoms with E-state index in [-0.39, 0.29) is 5.91 Å². The van der Waals surface area contributed by atoms with Crippen LogP contribution in [0.5, 0.6) is 11.5 Å². The highest BCUT2D eigenvalue weighted by Gasteiger charge is 2.21. The second kappa shape index (κ2) is 13.1. The minimum absolute atomic E-state index is 0.0224. The van der Waals surface area contributed by atoms with Crippen molar-refractivity contribution in [2.24, 2.45) is 5.92 Å². The number of piperidine rings is 1. The summed E-state index contributed by atoms with van der Waals surface area (Å²) in [7, 11) is 3.21. The summed E-state index contributed by atoms with van der Waals surface area (Å²) in [5, 5.41) is 4.25. The van der Waals surface area contributed by atoms with Gasteiger partial charge in [-0.3, -0.25) is 9.69 Å². The molecule has 1 aliphatic rings. The van der Waals surface area contributed by atoms with Crippen LogP contribution in [0.25, 0.3) is 11.1 Å². The molecule has 1 fully saturated rings. The van der Waals surface area contributed by atoms with Crippen LogP contribution in [0.2, 0.25) is 10.0 Å². The summed E-state index contributed by atoms with van der Waals surface area (Å²) in [5.41, 5.74) is 2.95. The molecule has 1 amide bonds. The first kappa shape index (κ1) is 27.2. The number of benzene rings is 2. The molecule has 37 heavy (non-hydrogen) atoms. The molecule has 1 aliphatic heterocycles. The highest BCUT2D eigenvalue weighted by molar-refractivity contribution is 6.42. The van der Waals surface area contributed by atoms with Gasteiger partial charge in [0, 0.05) is 50.4 Å². The Hall–Kier alpha value is -2.87. The Labute approximate surface area is 228 Å². The summed E-state index contributed by atoms with van der Waals surface area (Å²) in [6, 6.07) is 11.5. The average molecular weight is 543 g/mol. The van der Waals surface area contributed by atoms with Crippen LogP contribution < -0.4 is 14.8 Å². The summed E-state index contributed by atoms with van der Waals surface area (Å²) in [6.45, 7) is 3.50.